The number of rotatable bonds is 1. The smallest absolute Gasteiger partial charge is 0.0524 e. The van der Waals surface area contributed by atoms with E-state index in [9.17, 15) is 0 Å². The molecule has 2 heteroatoms. The summed E-state index contributed by atoms with van der Waals surface area (Å²) in [4.78, 5) is 0. The van der Waals surface area contributed by atoms with Gasteiger partial charge in [0.2, 0.25) is 0 Å². The Kier molecular flexibility index (Phi) is 2.14. The molecule has 1 aliphatic rings. The molecule has 0 aliphatic heterocycles. The first kappa shape index (κ1) is 8.79. The van der Waals surface area contributed by atoms with Crippen molar-refractivity contribution in [3.8, 4) is 0 Å². The minimum absolute atomic E-state index is 0.808. The highest BCUT2D eigenvalue weighted by Crippen LogP contribution is 2.29. The quantitative estimate of drug-likeness (QED) is 0.644. The van der Waals surface area contributed by atoms with Crippen LogP contribution in [0, 0.1) is 11.8 Å². The van der Waals surface area contributed by atoms with E-state index in [0.29, 0.717) is 0 Å². The lowest BCUT2D eigenvalue weighted by molar-refractivity contribution is 0.335. The highest BCUT2D eigenvalue weighted by molar-refractivity contribution is 5.21. The summed E-state index contributed by atoms with van der Waals surface area (Å²) in [7, 11) is 2.06. The molecule has 0 bridgehead atoms. The molecule has 13 heavy (non-hydrogen) atoms. The van der Waals surface area contributed by atoms with Crippen molar-refractivity contribution in [3.63, 3.8) is 0 Å². The van der Waals surface area contributed by atoms with E-state index in [1.165, 1.54) is 30.5 Å². The first-order valence-electron chi connectivity index (χ1n) is 5.18. The maximum Gasteiger partial charge on any atom is 0.0524 e. The third-order valence-corrected chi connectivity index (χ3v) is 3.33. The molecule has 0 amide bonds. The van der Waals surface area contributed by atoms with Crippen molar-refractivity contribution in [2.24, 2.45) is 18.9 Å². The van der Waals surface area contributed by atoms with Crippen LogP contribution in [0.5, 0.6) is 0 Å². The van der Waals surface area contributed by atoms with E-state index in [-0.39, 0.29) is 0 Å². The molecule has 1 heterocycles. The van der Waals surface area contributed by atoms with Gasteiger partial charge in [0.1, 0.15) is 0 Å². The van der Waals surface area contributed by atoms with Crippen LogP contribution in [0.15, 0.2) is 6.20 Å². The van der Waals surface area contributed by atoms with Crippen LogP contribution in [0.25, 0.3) is 0 Å². The molecule has 0 N–H and O–H groups in total. The van der Waals surface area contributed by atoms with Gasteiger partial charge in [-0.05, 0) is 36.7 Å². The van der Waals surface area contributed by atoms with Crippen LogP contribution in [0.1, 0.15) is 31.5 Å². The fraction of sp³-hybridized carbons (Fsp3) is 0.727. The number of fused-ring (bicyclic) bond motifs is 1. The molecule has 1 aromatic rings. The minimum atomic E-state index is 0.808. The van der Waals surface area contributed by atoms with Crippen LogP contribution in [0.4, 0.5) is 0 Å². The Hall–Kier alpha value is -0.790. The molecule has 2 rings (SSSR count). The Balaban J connectivity index is 2.22. The molecule has 1 atom stereocenters. The Morgan fingerprint density at radius 1 is 1.54 bits per heavy atom. The third kappa shape index (κ3) is 1.50. The molecule has 2 nitrogen and oxygen atoms in total. The van der Waals surface area contributed by atoms with Gasteiger partial charge in [-0.25, -0.2) is 0 Å². The van der Waals surface area contributed by atoms with E-state index in [2.05, 4.69) is 26.0 Å². The van der Waals surface area contributed by atoms with Gasteiger partial charge < -0.3 is 0 Å². The standard InChI is InChI=1S/C11H18N2/c1-8(2)9-4-5-10-7-12-13(3)11(10)6-9/h7-9H,4-6H2,1-3H3. The van der Waals surface area contributed by atoms with Crippen molar-refractivity contribution in [1.29, 1.82) is 0 Å². The van der Waals surface area contributed by atoms with E-state index in [1.54, 1.807) is 0 Å². The Morgan fingerprint density at radius 2 is 2.31 bits per heavy atom. The molecule has 72 valence electrons. The summed E-state index contributed by atoms with van der Waals surface area (Å²) in [6.07, 6.45) is 5.83. The highest BCUT2D eigenvalue weighted by atomic mass is 15.3. The number of hydrogen-bond donors (Lipinski definition) is 0. The van der Waals surface area contributed by atoms with Gasteiger partial charge in [-0.3, -0.25) is 4.68 Å². The average molecular weight is 178 g/mol. The van der Waals surface area contributed by atoms with Gasteiger partial charge in [-0.2, -0.15) is 5.10 Å². The van der Waals surface area contributed by atoms with Crippen LogP contribution < -0.4 is 0 Å². The molecule has 0 aromatic carbocycles. The summed E-state index contributed by atoms with van der Waals surface area (Å²) in [5.41, 5.74) is 2.93. The molecule has 0 fully saturated rings. The first-order chi connectivity index (χ1) is 6.18. The molecule has 0 saturated heterocycles. The molecular formula is C11H18N2. The monoisotopic (exact) mass is 178 g/mol. The van der Waals surface area contributed by atoms with E-state index in [4.69, 9.17) is 0 Å². The van der Waals surface area contributed by atoms with Gasteiger partial charge in [0.05, 0.1) is 6.20 Å². The molecule has 0 saturated carbocycles. The molecule has 0 radical (unpaired) electrons. The summed E-state index contributed by atoms with van der Waals surface area (Å²) >= 11 is 0. The van der Waals surface area contributed by atoms with E-state index in [1.807, 2.05) is 10.9 Å². The van der Waals surface area contributed by atoms with Gasteiger partial charge in [0.25, 0.3) is 0 Å². The van der Waals surface area contributed by atoms with Gasteiger partial charge in [0.15, 0.2) is 0 Å². The lowest BCUT2D eigenvalue weighted by Gasteiger charge is -2.25. The van der Waals surface area contributed by atoms with Crippen molar-refractivity contribution in [2.75, 3.05) is 0 Å². The molecular weight excluding hydrogens is 160 g/mol. The predicted molar refractivity (Wildman–Crippen MR) is 53.6 cm³/mol. The fourth-order valence-corrected chi connectivity index (χ4v) is 2.24. The van der Waals surface area contributed by atoms with E-state index < -0.39 is 0 Å². The fourth-order valence-electron chi connectivity index (χ4n) is 2.24. The second kappa shape index (κ2) is 3.17. The molecule has 1 aromatic heterocycles. The van der Waals surface area contributed by atoms with Crippen molar-refractivity contribution >= 4 is 0 Å². The van der Waals surface area contributed by atoms with Crippen molar-refractivity contribution in [1.82, 2.24) is 9.78 Å². The summed E-state index contributed by atoms with van der Waals surface area (Å²) < 4.78 is 2.05. The largest absolute Gasteiger partial charge is 0.272 e. The van der Waals surface area contributed by atoms with Crippen LogP contribution in [0.2, 0.25) is 0 Å². The summed E-state index contributed by atoms with van der Waals surface area (Å²) in [6, 6.07) is 0. The topological polar surface area (TPSA) is 17.8 Å². The van der Waals surface area contributed by atoms with Gasteiger partial charge in [0, 0.05) is 12.7 Å². The van der Waals surface area contributed by atoms with Crippen LogP contribution in [-0.2, 0) is 19.9 Å². The van der Waals surface area contributed by atoms with Gasteiger partial charge in [-0.15, -0.1) is 0 Å². The first-order valence-corrected chi connectivity index (χ1v) is 5.18. The van der Waals surface area contributed by atoms with E-state index in [0.717, 1.165) is 11.8 Å². The van der Waals surface area contributed by atoms with Gasteiger partial charge >= 0.3 is 0 Å². The summed E-state index contributed by atoms with van der Waals surface area (Å²) in [6.45, 7) is 4.65. The zero-order valence-corrected chi connectivity index (χ0v) is 8.75. The summed E-state index contributed by atoms with van der Waals surface area (Å²) in [5, 5.41) is 4.31. The lowest BCUT2D eigenvalue weighted by atomic mass is 9.81. The Morgan fingerprint density at radius 3 is 3.00 bits per heavy atom. The second-order valence-corrected chi connectivity index (χ2v) is 4.49. The number of aromatic nitrogens is 2. The van der Waals surface area contributed by atoms with Crippen LogP contribution >= 0.6 is 0 Å². The van der Waals surface area contributed by atoms with Gasteiger partial charge in [-0.1, -0.05) is 13.8 Å². The second-order valence-electron chi connectivity index (χ2n) is 4.49. The zero-order chi connectivity index (χ0) is 9.42. The highest BCUT2D eigenvalue weighted by Gasteiger charge is 2.23. The Bertz CT molecular complexity index is 299. The number of nitrogens with zero attached hydrogens (tertiary/aromatic N) is 2. The normalized spacial score (nSPS) is 22.0. The maximum atomic E-state index is 4.31. The number of aryl methyl sites for hydroxylation is 2. The van der Waals surface area contributed by atoms with Crippen molar-refractivity contribution in [2.45, 2.75) is 33.1 Å². The molecule has 1 unspecified atom stereocenters. The minimum Gasteiger partial charge on any atom is -0.272 e. The Labute approximate surface area is 80.0 Å². The third-order valence-electron chi connectivity index (χ3n) is 3.33. The average Bonchev–Trinajstić information content (AvgIpc) is 2.47. The SMILES string of the molecule is CC(C)C1CCc2cnn(C)c2C1. The maximum absolute atomic E-state index is 4.31. The molecule has 1 aliphatic carbocycles. The van der Waals surface area contributed by atoms with E-state index >= 15 is 0 Å². The molecule has 0 spiro atoms. The van der Waals surface area contributed by atoms with Crippen molar-refractivity contribution < 1.29 is 0 Å². The summed E-state index contributed by atoms with van der Waals surface area (Å²) in [5.74, 6) is 1.67. The number of hydrogen-bond acceptors (Lipinski definition) is 1. The predicted octanol–water partition coefficient (Wildman–Crippen LogP) is 2.18. The van der Waals surface area contributed by atoms with Crippen LogP contribution in [0.3, 0.4) is 0 Å². The van der Waals surface area contributed by atoms with Crippen LogP contribution in [-0.4, -0.2) is 9.78 Å². The van der Waals surface area contributed by atoms with Crippen molar-refractivity contribution in [3.05, 3.63) is 17.5 Å². The lowest BCUT2D eigenvalue weighted by Crippen LogP contribution is -2.20. The zero-order valence-electron chi connectivity index (χ0n) is 8.75.